The van der Waals surface area contributed by atoms with Crippen molar-refractivity contribution in [1.29, 1.82) is 0 Å². The lowest BCUT2D eigenvalue weighted by Gasteiger charge is -2.17. The van der Waals surface area contributed by atoms with Crippen LogP contribution in [0.25, 0.3) is 0 Å². The molecule has 0 bridgehead atoms. The maximum Gasteiger partial charge on any atom is 0.225 e. The van der Waals surface area contributed by atoms with Gasteiger partial charge < -0.3 is 15.0 Å². The summed E-state index contributed by atoms with van der Waals surface area (Å²) in [5.74, 6) is 0.821. The van der Waals surface area contributed by atoms with Gasteiger partial charge in [0.25, 0.3) is 0 Å². The van der Waals surface area contributed by atoms with E-state index in [-0.39, 0.29) is 0 Å². The van der Waals surface area contributed by atoms with Crippen LogP contribution in [0.1, 0.15) is 17.7 Å². The van der Waals surface area contributed by atoms with Gasteiger partial charge in [-0.3, -0.25) is 0 Å². The van der Waals surface area contributed by atoms with E-state index in [0.717, 1.165) is 43.3 Å². The summed E-state index contributed by atoms with van der Waals surface area (Å²) in [5.41, 5.74) is 2.20. The van der Waals surface area contributed by atoms with Crippen LogP contribution in [0.2, 0.25) is 0 Å². The van der Waals surface area contributed by atoms with Gasteiger partial charge in [0.1, 0.15) is 0 Å². The van der Waals surface area contributed by atoms with E-state index in [2.05, 4.69) is 20.2 Å². The minimum absolute atomic E-state index is 0.316. The number of hydrogen-bond donors (Lipinski definition) is 1. The van der Waals surface area contributed by atoms with Crippen molar-refractivity contribution in [3.63, 3.8) is 0 Å². The second kappa shape index (κ2) is 5.42. The maximum absolute atomic E-state index is 5.35. The first-order valence-electron chi connectivity index (χ1n) is 5.99. The highest BCUT2D eigenvalue weighted by Crippen LogP contribution is 2.18. The normalized spacial score (nSPS) is 19.9. The topological polar surface area (TPSA) is 50.3 Å². The molecule has 94 valence electrons. The first-order valence-corrected chi connectivity index (χ1v) is 5.99. The quantitative estimate of drug-likeness (QED) is 0.835. The molecule has 1 aliphatic heterocycles. The molecular weight excluding hydrogens is 216 g/mol. The highest BCUT2D eigenvalue weighted by Gasteiger charge is 2.24. The Hall–Kier alpha value is -1.20. The van der Waals surface area contributed by atoms with Gasteiger partial charge in [-0.1, -0.05) is 0 Å². The summed E-state index contributed by atoms with van der Waals surface area (Å²) >= 11 is 0. The molecule has 0 spiro atoms. The number of anilines is 1. The van der Waals surface area contributed by atoms with Gasteiger partial charge in [0.05, 0.1) is 6.10 Å². The van der Waals surface area contributed by atoms with Crippen molar-refractivity contribution in [3.8, 4) is 0 Å². The lowest BCUT2D eigenvalue weighted by molar-refractivity contribution is 0.121. The van der Waals surface area contributed by atoms with Crippen LogP contribution >= 0.6 is 0 Å². The number of ether oxygens (including phenoxy) is 1. The predicted molar refractivity (Wildman–Crippen MR) is 67.2 cm³/mol. The van der Waals surface area contributed by atoms with E-state index in [1.165, 1.54) is 0 Å². The molecule has 17 heavy (non-hydrogen) atoms. The molecule has 5 heteroatoms. The average molecular weight is 236 g/mol. The van der Waals surface area contributed by atoms with E-state index >= 15 is 0 Å². The van der Waals surface area contributed by atoms with Crippen molar-refractivity contribution >= 4 is 5.95 Å². The Kier molecular flexibility index (Phi) is 3.91. The highest BCUT2D eigenvalue weighted by molar-refractivity contribution is 5.34. The largest absolute Gasteiger partial charge is 0.380 e. The van der Waals surface area contributed by atoms with Crippen LogP contribution in [-0.2, 0) is 11.3 Å². The number of nitrogens with one attached hydrogen (secondary N) is 1. The molecule has 1 aromatic rings. The third-order valence-electron chi connectivity index (χ3n) is 3.20. The standard InChI is InChI=1S/C12H20N4O/c1-9-10(6-13-2)7-14-12(15-9)16-5-4-11(8-16)17-3/h7,11,13H,4-6,8H2,1-3H3. The molecule has 5 nitrogen and oxygen atoms in total. The summed E-state index contributed by atoms with van der Waals surface area (Å²) < 4.78 is 5.35. The molecule has 0 saturated carbocycles. The molecule has 1 saturated heterocycles. The molecule has 0 aromatic carbocycles. The minimum atomic E-state index is 0.316. The molecule has 0 aliphatic carbocycles. The summed E-state index contributed by atoms with van der Waals surface area (Å²) in [6.45, 7) is 4.71. The summed E-state index contributed by atoms with van der Waals surface area (Å²) in [4.78, 5) is 11.2. The zero-order valence-corrected chi connectivity index (χ0v) is 10.7. The van der Waals surface area contributed by atoms with Crippen LogP contribution in [0, 0.1) is 6.92 Å². The highest BCUT2D eigenvalue weighted by atomic mass is 16.5. The third kappa shape index (κ3) is 2.73. The molecule has 1 aromatic heterocycles. The van der Waals surface area contributed by atoms with E-state index in [4.69, 9.17) is 4.74 Å². The number of aryl methyl sites for hydroxylation is 1. The van der Waals surface area contributed by atoms with E-state index in [1.54, 1.807) is 7.11 Å². The van der Waals surface area contributed by atoms with Crippen molar-refractivity contribution in [3.05, 3.63) is 17.5 Å². The van der Waals surface area contributed by atoms with E-state index in [1.807, 2.05) is 20.2 Å². The number of rotatable bonds is 4. The minimum Gasteiger partial charge on any atom is -0.380 e. The van der Waals surface area contributed by atoms with Crippen LogP contribution < -0.4 is 10.2 Å². The molecule has 1 N–H and O–H groups in total. The first-order chi connectivity index (χ1) is 8.24. The Labute approximate surface area is 102 Å². The van der Waals surface area contributed by atoms with Crippen LogP contribution in [-0.4, -0.2) is 43.3 Å². The fraction of sp³-hybridized carbons (Fsp3) is 0.667. The summed E-state index contributed by atoms with van der Waals surface area (Å²) in [7, 11) is 3.69. The smallest absolute Gasteiger partial charge is 0.225 e. The van der Waals surface area contributed by atoms with Crippen molar-refractivity contribution in [1.82, 2.24) is 15.3 Å². The maximum atomic E-state index is 5.35. The van der Waals surface area contributed by atoms with Gasteiger partial charge in [0.2, 0.25) is 5.95 Å². The Bertz CT molecular complexity index is 383. The second-order valence-electron chi connectivity index (χ2n) is 4.40. The Balaban J connectivity index is 2.09. The SMILES string of the molecule is CNCc1cnc(N2CCC(OC)C2)nc1C. The Morgan fingerprint density at radius 1 is 1.59 bits per heavy atom. The Morgan fingerprint density at radius 2 is 2.41 bits per heavy atom. The van der Waals surface area contributed by atoms with Crippen LogP contribution in [0.15, 0.2) is 6.20 Å². The van der Waals surface area contributed by atoms with Gasteiger partial charge >= 0.3 is 0 Å². The Morgan fingerprint density at radius 3 is 3.00 bits per heavy atom. The zero-order chi connectivity index (χ0) is 12.3. The summed E-state index contributed by atoms with van der Waals surface area (Å²) in [6.07, 6.45) is 3.28. The first kappa shape index (κ1) is 12.3. The molecule has 2 heterocycles. The van der Waals surface area contributed by atoms with E-state index in [0.29, 0.717) is 6.10 Å². The average Bonchev–Trinajstić information content (AvgIpc) is 2.80. The van der Waals surface area contributed by atoms with Gasteiger partial charge in [-0.15, -0.1) is 0 Å². The van der Waals surface area contributed by atoms with Gasteiger partial charge in [0.15, 0.2) is 0 Å². The number of nitrogens with zero attached hydrogens (tertiary/aromatic N) is 3. The monoisotopic (exact) mass is 236 g/mol. The van der Waals surface area contributed by atoms with Crippen LogP contribution in [0.5, 0.6) is 0 Å². The van der Waals surface area contributed by atoms with Gasteiger partial charge in [0, 0.05) is 44.2 Å². The summed E-state index contributed by atoms with van der Waals surface area (Å²) in [6, 6.07) is 0. The number of methoxy groups -OCH3 is 1. The zero-order valence-electron chi connectivity index (χ0n) is 10.7. The second-order valence-corrected chi connectivity index (χ2v) is 4.40. The number of aromatic nitrogens is 2. The number of hydrogen-bond acceptors (Lipinski definition) is 5. The van der Waals surface area contributed by atoms with E-state index in [9.17, 15) is 0 Å². The molecule has 0 radical (unpaired) electrons. The fourth-order valence-corrected chi connectivity index (χ4v) is 2.10. The van der Waals surface area contributed by atoms with E-state index < -0.39 is 0 Å². The van der Waals surface area contributed by atoms with Crippen molar-refractivity contribution in [2.75, 3.05) is 32.1 Å². The molecule has 1 atom stereocenters. The third-order valence-corrected chi connectivity index (χ3v) is 3.20. The molecule has 1 unspecified atom stereocenters. The van der Waals surface area contributed by atoms with Gasteiger partial charge in [-0.25, -0.2) is 9.97 Å². The lowest BCUT2D eigenvalue weighted by atomic mass is 10.2. The van der Waals surface area contributed by atoms with Crippen LogP contribution in [0.4, 0.5) is 5.95 Å². The molecular formula is C12H20N4O. The van der Waals surface area contributed by atoms with Gasteiger partial charge in [-0.2, -0.15) is 0 Å². The van der Waals surface area contributed by atoms with Crippen molar-refractivity contribution in [2.24, 2.45) is 0 Å². The van der Waals surface area contributed by atoms with Crippen molar-refractivity contribution in [2.45, 2.75) is 26.0 Å². The molecule has 1 aliphatic rings. The van der Waals surface area contributed by atoms with Crippen molar-refractivity contribution < 1.29 is 4.74 Å². The van der Waals surface area contributed by atoms with Gasteiger partial charge in [-0.05, 0) is 20.4 Å². The predicted octanol–water partition coefficient (Wildman–Crippen LogP) is 0.730. The van der Waals surface area contributed by atoms with Crippen LogP contribution in [0.3, 0.4) is 0 Å². The molecule has 1 fully saturated rings. The lowest BCUT2D eigenvalue weighted by Crippen LogP contribution is -2.24. The summed E-state index contributed by atoms with van der Waals surface area (Å²) in [5, 5.41) is 3.12. The fourth-order valence-electron chi connectivity index (χ4n) is 2.10. The molecule has 2 rings (SSSR count). The molecule has 0 amide bonds.